The molecule has 3 unspecified atom stereocenters. The monoisotopic (exact) mass is 458 g/mol. The Morgan fingerprint density at radius 2 is 2.00 bits per heavy atom. The summed E-state index contributed by atoms with van der Waals surface area (Å²) in [5.74, 6) is -1.70. The van der Waals surface area contributed by atoms with Gasteiger partial charge >= 0.3 is 35.5 Å². The number of fused-ring (bicyclic) bond motifs is 1. The van der Waals surface area contributed by atoms with Gasteiger partial charge in [-0.2, -0.15) is 0 Å². The van der Waals surface area contributed by atoms with Gasteiger partial charge in [0.25, 0.3) is 5.91 Å². The largest absolute Gasteiger partial charge is 1.00 e. The Morgan fingerprint density at radius 3 is 2.63 bits per heavy atom. The molecule has 8 nitrogen and oxygen atoms in total. The molecule has 11 heteroatoms. The Morgan fingerprint density at radius 1 is 1.33 bits per heavy atom. The standard InChI is InChI=1S/C19H18ClN3O5S.Na/c1-8-11(12(22-28-8)9-6-4-5-7-10(9)20)15(24)21-13-16(25)23-14(18(26)27)19(2,3)29-17(13)23;/h4-7,13-14,17H,1-3H3,(H,21,24)(H,26,27);/q;+1. The number of amides is 2. The molecule has 0 saturated carbocycles. The smallest absolute Gasteiger partial charge is 0.480 e. The van der Waals surface area contributed by atoms with E-state index in [1.54, 1.807) is 45.0 Å². The number of aliphatic carboxylic acids is 1. The molecule has 1 aromatic heterocycles. The zero-order valence-corrected chi connectivity index (χ0v) is 20.4. The van der Waals surface area contributed by atoms with E-state index >= 15 is 0 Å². The van der Waals surface area contributed by atoms with Gasteiger partial charge in [-0.25, -0.2) is 4.79 Å². The molecule has 0 aliphatic carbocycles. The van der Waals surface area contributed by atoms with Crippen molar-refractivity contribution in [2.24, 2.45) is 0 Å². The average molecular weight is 459 g/mol. The van der Waals surface area contributed by atoms with E-state index in [-0.39, 0.29) is 40.8 Å². The molecule has 2 amide bonds. The molecule has 4 rings (SSSR count). The summed E-state index contributed by atoms with van der Waals surface area (Å²) in [6, 6.07) is 5.18. The first kappa shape index (κ1) is 23.1. The summed E-state index contributed by atoms with van der Waals surface area (Å²) in [4.78, 5) is 38.6. The summed E-state index contributed by atoms with van der Waals surface area (Å²) in [5, 5.41) is 16.2. The average Bonchev–Trinajstić information content (AvgIpc) is 3.15. The number of hydrogen-bond acceptors (Lipinski definition) is 6. The molecule has 1 aromatic carbocycles. The quantitative estimate of drug-likeness (QED) is 0.471. The van der Waals surface area contributed by atoms with E-state index in [9.17, 15) is 19.5 Å². The van der Waals surface area contributed by atoms with Gasteiger partial charge in [-0.3, -0.25) is 9.59 Å². The van der Waals surface area contributed by atoms with E-state index in [2.05, 4.69) is 10.5 Å². The van der Waals surface area contributed by atoms with Gasteiger partial charge in [0.1, 0.15) is 34.5 Å². The van der Waals surface area contributed by atoms with Crippen molar-refractivity contribution in [3.8, 4) is 11.3 Å². The first-order valence-corrected chi connectivity index (χ1v) is 10.1. The molecule has 3 heterocycles. The Hall–Kier alpha value is -1.52. The molecule has 0 spiro atoms. The Bertz CT molecular complexity index is 1040. The predicted octanol–water partition coefficient (Wildman–Crippen LogP) is -0.447. The van der Waals surface area contributed by atoms with Crippen LogP contribution in [0.2, 0.25) is 5.02 Å². The number of aromatic nitrogens is 1. The fraction of sp³-hybridized carbons (Fsp3) is 0.368. The number of rotatable bonds is 4. The molecule has 2 aliphatic rings. The topological polar surface area (TPSA) is 113 Å². The number of carboxylic acid groups (broad SMARTS) is 1. The molecule has 2 aromatic rings. The van der Waals surface area contributed by atoms with Gasteiger partial charge in [-0.05, 0) is 26.8 Å². The number of nitrogens with one attached hydrogen (secondary N) is 1. The van der Waals surface area contributed by atoms with Gasteiger partial charge in [0.2, 0.25) is 5.91 Å². The number of thioether (sulfide) groups is 1. The van der Waals surface area contributed by atoms with Crippen molar-refractivity contribution in [1.82, 2.24) is 15.4 Å². The van der Waals surface area contributed by atoms with Crippen LogP contribution in [0.4, 0.5) is 0 Å². The molecular weight excluding hydrogens is 441 g/mol. The van der Waals surface area contributed by atoms with Crippen LogP contribution in [0.15, 0.2) is 28.8 Å². The Labute approximate surface area is 204 Å². The minimum absolute atomic E-state index is 0. The van der Waals surface area contributed by atoms with Crippen molar-refractivity contribution in [3.63, 3.8) is 0 Å². The molecule has 3 atom stereocenters. The molecule has 2 saturated heterocycles. The van der Waals surface area contributed by atoms with Crippen LogP contribution < -0.4 is 34.9 Å². The molecule has 0 bridgehead atoms. The summed E-state index contributed by atoms with van der Waals surface area (Å²) >= 11 is 7.59. The van der Waals surface area contributed by atoms with Crippen LogP contribution in [0.5, 0.6) is 0 Å². The van der Waals surface area contributed by atoms with Crippen LogP contribution in [-0.2, 0) is 9.59 Å². The summed E-state index contributed by atoms with van der Waals surface area (Å²) < 4.78 is 4.54. The van der Waals surface area contributed by atoms with Crippen molar-refractivity contribution < 1.29 is 53.6 Å². The summed E-state index contributed by atoms with van der Waals surface area (Å²) in [7, 11) is 0. The van der Waals surface area contributed by atoms with Crippen LogP contribution in [0, 0.1) is 6.92 Å². The van der Waals surface area contributed by atoms with Crippen LogP contribution in [-0.4, -0.2) is 55.2 Å². The number of nitrogens with zero attached hydrogens (tertiary/aromatic N) is 2. The molecule has 30 heavy (non-hydrogen) atoms. The molecule has 2 fully saturated rings. The van der Waals surface area contributed by atoms with Crippen LogP contribution in [0.25, 0.3) is 11.3 Å². The van der Waals surface area contributed by atoms with E-state index in [1.807, 2.05) is 0 Å². The predicted molar refractivity (Wildman–Crippen MR) is 107 cm³/mol. The van der Waals surface area contributed by atoms with E-state index in [0.717, 1.165) is 0 Å². The summed E-state index contributed by atoms with van der Waals surface area (Å²) in [6.45, 7) is 5.16. The zero-order valence-electron chi connectivity index (χ0n) is 16.8. The first-order valence-electron chi connectivity index (χ1n) is 8.88. The van der Waals surface area contributed by atoms with E-state index in [4.69, 9.17) is 16.1 Å². The fourth-order valence-electron chi connectivity index (χ4n) is 3.84. The third kappa shape index (κ3) is 3.56. The third-order valence-corrected chi connectivity index (χ3v) is 7.08. The first-order chi connectivity index (χ1) is 13.6. The van der Waals surface area contributed by atoms with Crippen molar-refractivity contribution >= 4 is 41.1 Å². The maximum atomic E-state index is 13.0. The van der Waals surface area contributed by atoms with Crippen molar-refractivity contribution in [3.05, 3.63) is 40.6 Å². The van der Waals surface area contributed by atoms with Gasteiger partial charge < -0.3 is 19.8 Å². The molecule has 2 N–H and O–H groups in total. The second-order valence-corrected chi connectivity index (χ2v) is 9.67. The number of β-lactam (4-membered cyclic amide) rings is 1. The Kier molecular flexibility index (Phi) is 6.33. The van der Waals surface area contributed by atoms with Gasteiger partial charge in [0, 0.05) is 10.3 Å². The zero-order chi connectivity index (χ0) is 21.1. The maximum absolute atomic E-state index is 13.0. The minimum Gasteiger partial charge on any atom is -0.480 e. The van der Waals surface area contributed by atoms with E-state index < -0.39 is 40.0 Å². The molecular formula is C19H18ClN3NaO5S+. The van der Waals surface area contributed by atoms with Crippen molar-refractivity contribution in [2.45, 2.75) is 43.0 Å². The van der Waals surface area contributed by atoms with Gasteiger partial charge in [-0.1, -0.05) is 35.0 Å². The normalized spacial score (nSPS) is 23.9. The van der Waals surface area contributed by atoms with Crippen molar-refractivity contribution in [2.75, 3.05) is 0 Å². The number of carboxylic acids is 1. The number of aryl methyl sites for hydroxylation is 1. The van der Waals surface area contributed by atoms with E-state index in [0.29, 0.717) is 16.3 Å². The summed E-state index contributed by atoms with van der Waals surface area (Å²) in [6.07, 6.45) is 0. The van der Waals surface area contributed by atoms with E-state index in [1.165, 1.54) is 16.7 Å². The summed E-state index contributed by atoms with van der Waals surface area (Å²) in [5.41, 5.74) is 1.03. The SMILES string of the molecule is Cc1onc(-c2ccccc2Cl)c1C(=O)NC1C(=O)N2C1SC(C)(C)C2C(=O)O.[Na+]. The number of hydrogen-bond donors (Lipinski definition) is 2. The van der Waals surface area contributed by atoms with Crippen molar-refractivity contribution in [1.29, 1.82) is 0 Å². The number of benzene rings is 1. The molecule has 0 radical (unpaired) electrons. The van der Waals surface area contributed by atoms with Gasteiger partial charge in [0.15, 0.2) is 0 Å². The van der Waals surface area contributed by atoms with Gasteiger partial charge in [-0.15, -0.1) is 11.8 Å². The molecule has 152 valence electrons. The number of carbonyl (C=O) groups excluding carboxylic acids is 2. The number of carbonyl (C=O) groups is 3. The van der Waals surface area contributed by atoms with Crippen LogP contribution in [0.3, 0.4) is 0 Å². The fourth-order valence-corrected chi connectivity index (χ4v) is 5.69. The maximum Gasteiger partial charge on any atom is 1.00 e. The second-order valence-electron chi connectivity index (χ2n) is 7.49. The number of halogens is 1. The van der Waals surface area contributed by atoms with Crippen LogP contribution >= 0.6 is 23.4 Å². The minimum atomic E-state index is -1.06. The van der Waals surface area contributed by atoms with Gasteiger partial charge in [0.05, 0.1) is 5.02 Å². The Balaban J connectivity index is 0.00000256. The second kappa shape index (κ2) is 8.20. The van der Waals surface area contributed by atoms with Crippen LogP contribution in [0.1, 0.15) is 30.0 Å². The third-order valence-electron chi connectivity index (χ3n) is 5.18. The molecule has 2 aliphatic heterocycles.